The average Bonchev–Trinajstić information content (AvgIpc) is 3.07. The number of hydrogen-bond acceptors (Lipinski definition) is 4. The standard InChI is InChI=1S/C15H24N4O3.HI/c1-16-14(17-8-5-13-4-3-11-22-13)18-12-6-9-19(10-7-12)15(20)21-2;/h3-4,11-12H,5-10H2,1-2H3,(H2,16,17,18);1H. The van der Waals surface area contributed by atoms with Gasteiger partial charge in [0.1, 0.15) is 5.76 Å². The molecule has 1 fully saturated rings. The number of guanidine groups is 1. The van der Waals surface area contributed by atoms with Crippen molar-refractivity contribution in [2.45, 2.75) is 25.3 Å². The summed E-state index contributed by atoms with van der Waals surface area (Å²) in [4.78, 5) is 17.4. The Labute approximate surface area is 153 Å². The molecule has 2 heterocycles. The minimum Gasteiger partial charge on any atom is -0.469 e. The van der Waals surface area contributed by atoms with E-state index in [0.29, 0.717) is 19.1 Å². The molecular formula is C15H25IN4O3. The molecule has 1 aliphatic rings. The molecule has 8 heteroatoms. The second-order valence-electron chi connectivity index (χ2n) is 5.20. The van der Waals surface area contributed by atoms with Crippen LogP contribution >= 0.6 is 24.0 Å². The summed E-state index contributed by atoms with van der Waals surface area (Å²) in [6.45, 7) is 2.16. The molecule has 0 spiro atoms. The van der Waals surface area contributed by atoms with E-state index in [2.05, 4.69) is 15.6 Å². The molecule has 7 nitrogen and oxygen atoms in total. The van der Waals surface area contributed by atoms with Crippen LogP contribution in [0.4, 0.5) is 4.79 Å². The monoisotopic (exact) mass is 436 g/mol. The highest BCUT2D eigenvalue weighted by Gasteiger charge is 2.23. The highest BCUT2D eigenvalue weighted by Crippen LogP contribution is 2.11. The molecule has 2 rings (SSSR count). The van der Waals surface area contributed by atoms with Gasteiger partial charge in [0.2, 0.25) is 0 Å². The van der Waals surface area contributed by atoms with E-state index < -0.39 is 0 Å². The van der Waals surface area contributed by atoms with Crippen LogP contribution in [0, 0.1) is 0 Å². The maximum absolute atomic E-state index is 11.4. The van der Waals surface area contributed by atoms with Crippen molar-refractivity contribution in [3.05, 3.63) is 24.2 Å². The van der Waals surface area contributed by atoms with Crippen molar-refractivity contribution in [3.63, 3.8) is 0 Å². The number of aliphatic imine (C=N–C) groups is 1. The van der Waals surface area contributed by atoms with Gasteiger partial charge in [0.15, 0.2) is 5.96 Å². The third-order valence-corrected chi connectivity index (χ3v) is 3.74. The fourth-order valence-corrected chi connectivity index (χ4v) is 2.48. The first kappa shape index (κ1) is 19.6. The molecule has 1 aliphatic heterocycles. The molecule has 1 saturated heterocycles. The Morgan fingerprint density at radius 2 is 2.22 bits per heavy atom. The minimum absolute atomic E-state index is 0. The summed E-state index contributed by atoms with van der Waals surface area (Å²) in [5.74, 6) is 1.73. The number of carbonyl (C=O) groups excluding carboxylic acids is 1. The summed E-state index contributed by atoms with van der Waals surface area (Å²) in [6, 6.07) is 4.16. The molecule has 130 valence electrons. The Kier molecular flexibility index (Phi) is 8.82. The van der Waals surface area contributed by atoms with Crippen molar-refractivity contribution < 1.29 is 13.9 Å². The number of methoxy groups -OCH3 is 1. The van der Waals surface area contributed by atoms with Crippen LogP contribution in [0.3, 0.4) is 0 Å². The fraction of sp³-hybridized carbons (Fsp3) is 0.600. The summed E-state index contributed by atoms with van der Waals surface area (Å²) in [5, 5.41) is 6.67. The number of furan rings is 1. The molecule has 0 radical (unpaired) electrons. The number of amides is 1. The Hall–Kier alpha value is -1.45. The van der Waals surface area contributed by atoms with Crippen LogP contribution in [0.1, 0.15) is 18.6 Å². The van der Waals surface area contributed by atoms with Crippen LogP contribution in [0.5, 0.6) is 0 Å². The van der Waals surface area contributed by atoms with Gasteiger partial charge >= 0.3 is 6.09 Å². The Morgan fingerprint density at radius 1 is 1.48 bits per heavy atom. The number of rotatable bonds is 4. The zero-order chi connectivity index (χ0) is 15.8. The molecule has 1 amide bonds. The van der Waals surface area contributed by atoms with E-state index >= 15 is 0 Å². The van der Waals surface area contributed by atoms with E-state index in [1.165, 1.54) is 7.11 Å². The molecule has 2 N–H and O–H groups in total. The summed E-state index contributed by atoms with van der Waals surface area (Å²) < 4.78 is 10.0. The van der Waals surface area contributed by atoms with Crippen molar-refractivity contribution in [1.29, 1.82) is 0 Å². The highest BCUT2D eigenvalue weighted by atomic mass is 127. The molecule has 0 bridgehead atoms. The number of nitrogens with one attached hydrogen (secondary N) is 2. The molecule has 0 aliphatic carbocycles. The second kappa shape index (κ2) is 10.3. The van der Waals surface area contributed by atoms with Crippen LogP contribution in [-0.2, 0) is 11.2 Å². The molecule has 0 unspecified atom stereocenters. The predicted molar refractivity (Wildman–Crippen MR) is 99.3 cm³/mol. The quantitative estimate of drug-likeness (QED) is 0.428. The highest BCUT2D eigenvalue weighted by molar-refractivity contribution is 14.0. The minimum atomic E-state index is -0.251. The van der Waals surface area contributed by atoms with Gasteiger partial charge in [-0.1, -0.05) is 0 Å². The molecule has 1 aromatic heterocycles. The number of likely N-dealkylation sites (tertiary alicyclic amines) is 1. The van der Waals surface area contributed by atoms with E-state index in [4.69, 9.17) is 9.15 Å². The van der Waals surface area contributed by atoms with Gasteiger partial charge in [-0.2, -0.15) is 0 Å². The van der Waals surface area contributed by atoms with Gasteiger partial charge in [-0.25, -0.2) is 4.79 Å². The van der Waals surface area contributed by atoms with E-state index in [1.54, 1.807) is 18.2 Å². The van der Waals surface area contributed by atoms with Crippen molar-refractivity contribution in [2.24, 2.45) is 4.99 Å². The third kappa shape index (κ3) is 6.28. The van der Waals surface area contributed by atoms with Crippen molar-refractivity contribution in [3.8, 4) is 0 Å². The number of halogens is 1. The van der Waals surface area contributed by atoms with E-state index in [1.807, 2.05) is 12.1 Å². The van der Waals surface area contributed by atoms with Gasteiger partial charge in [-0.05, 0) is 25.0 Å². The first-order valence-electron chi connectivity index (χ1n) is 7.55. The summed E-state index contributed by atoms with van der Waals surface area (Å²) in [7, 11) is 3.17. The first-order valence-corrected chi connectivity index (χ1v) is 7.55. The Bertz CT molecular complexity index is 485. The van der Waals surface area contributed by atoms with E-state index in [0.717, 1.165) is 37.5 Å². The van der Waals surface area contributed by atoms with Gasteiger partial charge in [0.25, 0.3) is 0 Å². The second-order valence-corrected chi connectivity index (χ2v) is 5.20. The lowest BCUT2D eigenvalue weighted by atomic mass is 10.1. The first-order chi connectivity index (χ1) is 10.7. The predicted octanol–water partition coefficient (Wildman–Crippen LogP) is 1.84. The van der Waals surface area contributed by atoms with Gasteiger partial charge in [0, 0.05) is 39.1 Å². The van der Waals surface area contributed by atoms with Gasteiger partial charge in [0.05, 0.1) is 13.4 Å². The maximum Gasteiger partial charge on any atom is 0.409 e. The topological polar surface area (TPSA) is 79.1 Å². The van der Waals surface area contributed by atoms with Crippen LogP contribution in [0.15, 0.2) is 27.8 Å². The van der Waals surface area contributed by atoms with Crippen LogP contribution in [0.25, 0.3) is 0 Å². The molecule has 0 aromatic carbocycles. The number of ether oxygens (including phenoxy) is 1. The molecule has 0 atom stereocenters. The number of nitrogens with zero attached hydrogens (tertiary/aromatic N) is 2. The van der Waals surface area contributed by atoms with Gasteiger partial charge < -0.3 is 24.7 Å². The maximum atomic E-state index is 11.4. The van der Waals surface area contributed by atoms with E-state index in [-0.39, 0.29) is 30.1 Å². The van der Waals surface area contributed by atoms with Crippen LogP contribution in [-0.4, -0.2) is 56.8 Å². The lowest BCUT2D eigenvalue weighted by Crippen LogP contribution is -2.50. The van der Waals surface area contributed by atoms with Crippen molar-refractivity contribution in [1.82, 2.24) is 15.5 Å². The Morgan fingerprint density at radius 3 is 2.78 bits per heavy atom. The summed E-state index contributed by atoms with van der Waals surface area (Å²) in [6.07, 6.45) is 4.01. The average molecular weight is 436 g/mol. The number of carbonyl (C=O) groups is 1. The van der Waals surface area contributed by atoms with Crippen LogP contribution < -0.4 is 10.6 Å². The molecular weight excluding hydrogens is 411 g/mol. The lowest BCUT2D eigenvalue weighted by Gasteiger charge is -2.32. The molecule has 1 aromatic rings. The van der Waals surface area contributed by atoms with Gasteiger partial charge in [-0.15, -0.1) is 24.0 Å². The summed E-state index contributed by atoms with van der Waals surface area (Å²) >= 11 is 0. The summed E-state index contributed by atoms with van der Waals surface area (Å²) in [5.41, 5.74) is 0. The lowest BCUT2D eigenvalue weighted by molar-refractivity contribution is 0.111. The third-order valence-electron chi connectivity index (χ3n) is 3.74. The van der Waals surface area contributed by atoms with Crippen molar-refractivity contribution >= 4 is 36.0 Å². The smallest absolute Gasteiger partial charge is 0.409 e. The SMILES string of the molecule is CN=C(NCCc1ccco1)NC1CCN(C(=O)OC)CC1.I. The van der Waals surface area contributed by atoms with Crippen molar-refractivity contribution in [2.75, 3.05) is 33.8 Å². The largest absolute Gasteiger partial charge is 0.469 e. The molecule has 0 saturated carbocycles. The van der Waals surface area contributed by atoms with Crippen LogP contribution in [0.2, 0.25) is 0 Å². The zero-order valence-electron chi connectivity index (χ0n) is 13.6. The van der Waals surface area contributed by atoms with E-state index in [9.17, 15) is 4.79 Å². The number of hydrogen-bond donors (Lipinski definition) is 2. The zero-order valence-corrected chi connectivity index (χ0v) is 15.9. The Balaban J connectivity index is 0.00000264. The normalized spacial score (nSPS) is 15.7. The number of piperidine rings is 1. The van der Waals surface area contributed by atoms with Gasteiger partial charge in [-0.3, -0.25) is 4.99 Å². The molecule has 23 heavy (non-hydrogen) atoms. The fourth-order valence-electron chi connectivity index (χ4n) is 2.48.